The van der Waals surface area contributed by atoms with Crippen molar-refractivity contribution >= 4 is 17.0 Å². The number of fused-ring (bicyclic) bond motifs is 1. The van der Waals surface area contributed by atoms with Crippen molar-refractivity contribution in [1.82, 2.24) is 24.4 Å². The number of unbranched alkanes of at least 4 members (excludes halogenated alkanes) is 1. The van der Waals surface area contributed by atoms with Crippen LogP contribution in [0.4, 0.5) is 5.82 Å². The number of hydrogen-bond acceptors (Lipinski definition) is 6. The van der Waals surface area contributed by atoms with Crippen LogP contribution in [0, 0.1) is 5.92 Å². The number of imidazole rings is 1. The highest BCUT2D eigenvalue weighted by Gasteiger charge is 2.21. The molecule has 156 valence electrons. The minimum atomic E-state index is -0.186. The van der Waals surface area contributed by atoms with E-state index in [-0.39, 0.29) is 17.5 Å². The Balaban J connectivity index is 1.66. The summed E-state index contributed by atoms with van der Waals surface area (Å²) >= 11 is 0. The SMILES string of the molecule is CCCCOc1nc(N)c2[nH]c(=O)n(CCCC3CCCN(C(C)C)C3)c2n1. The third kappa shape index (κ3) is 4.84. The number of rotatable bonds is 9. The number of anilines is 1. The maximum Gasteiger partial charge on any atom is 0.327 e. The molecular weight excluding hydrogens is 356 g/mol. The van der Waals surface area contributed by atoms with Gasteiger partial charge in [0.15, 0.2) is 11.5 Å². The first-order valence-corrected chi connectivity index (χ1v) is 10.6. The quantitative estimate of drug-likeness (QED) is 0.638. The van der Waals surface area contributed by atoms with Gasteiger partial charge in [0.25, 0.3) is 0 Å². The van der Waals surface area contributed by atoms with Crippen molar-refractivity contribution in [3.63, 3.8) is 0 Å². The molecule has 1 saturated heterocycles. The second-order valence-electron chi connectivity index (χ2n) is 8.11. The van der Waals surface area contributed by atoms with E-state index in [0.717, 1.165) is 32.2 Å². The molecule has 8 nitrogen and oxygen atoms in total. The third-order valence-corrected chi connectivity index (χ3v) is 5.63. The average Bonchev–Trinajstić information content (AvgIpc) is 2.99. The fraction of sp³-hybridized carbons (Fsp3) is 0.750. The van der Waals surface area contributed by atoms with Crippen LogP contribution in [0.25, 0.3) is 11.2 Å². The Hall–Kier alpha value is -2.09. The number of nitrogen functional groups attached to an aromatic ring is 1. The fourth-order valence-corrected chi connectivity index (χ4v) is 3.95. The van der Waals surface area contributed by atoms with Crippen molar-refractivity contribution < 1.29 is 4.74 Å². The highest BCUT2D eigenvalue weighted by Crippen LogP contribution is 2.23. The number of nitrogens with zero attached hydrogens (tertiary/aromatic N) is 4. The van der Waals surface area contributed by atoms with Gasteiger partial charge in [-0.1, -0.05) is 13.3 Å². The number of aromatic amines is 1. The van der Waals surface area contributed by atoms with E-state index in [1.54, 1.807) is 4.57 Å². The number of nitrogens with one attached hydrogen (secondary N) is 1. The third-order valence-electron chi connectivity index (χ3n) is 5.63. The predicted molar refractivity (Wildman–Crippen MR) is 112 cm³/mol. The van der Waals surface area contributed by atoms with Crippen LogP contribution in [-0.2, 0) is 6.54 Å². The number of aryl methyl sites for hydroxylation is 1. The highest BCUT2D eigenvalue weighted by atomic mass is 16.5. The number of nitrogens with two attached hydrogens (primary N) is 1. The van der Waals surface area contributed by atoms with E-state index in [0.29, 0.717) is 36.3 Å². The smallest absolute Gasteiger partial charge is 0.327 e. The average molecular weight is 391 g/mol. The van der Waals surface area contributed by atoms with E-state index < -0.39 is 0 Å². The lowest BCUT2D eigenvalue weighted by Crippen LogP contribution is -2.40. The van der Waals surface area contributed by atoms with Crippen LogP contribution in [0.2, 0.25) is 0 Å². The number of aromatic nitrogens is 4. The molecule has 1 aliphatic heterocycles. The summed E-state index contributed by atoms with van der Waals surface area (Å²) in [6, 6.07) is 0.843. The number of ether oxygens (including phenoxy) is 1. The molecule has 1 atom stereocenters. The zero-order valence-corrected chi connectivity index (χ0v) is 17.4. The number of hydrogen-bond donors (Lipinski definition) is 2. The molecule has 2 aromatic rings. The molecule has 3 rings (SSSR count). The maximum absolute atomic E-state index is 12.4. The summed E-state index contributed by atoms with van der Waals surface area (Å²) in [5.41, 5.74) is 6.86. The van der Waals surface area contributed by atoms with Gasteiger partial charge in [-0.2, -0.15) is 9.97 Å². The Morgan fingerprint density at radius 2 is 2.14 bits per heavy atom. The van der Waals surface area contributed by atoms with Gasteiger partial charge in [0.2, 0.25) is 0 Å². The standard InChI is InChI=1S/C20H34N6O2/c1-4-5-12-28-19-23-17(21)16-18(24-19)26(20(27)22-16)11-7-9-15-8-6-10-25(13-15)14(2)3/h14-15H,4-13H2,1-3H3,(H,22,27)(H2,21,23,24). The molecule has 0 saturated carbocycles. The first kappa shape index (κ1) is 20.6. The summed E-state index contributed by atoms with van der Waals surface area (Å²) in [6.45, 7) is 10.2. The van der Waals surface area contributed by atoms with Crippen LogP contribution in [0.15, 0.2) is 4.79 Å². The number of likely N-dealkylation sites (tertiary alicyclic amines) is 1. The van der Waals surface area contributed by atoms with Crippen molar-refractivity contribution in [3.05, 3.63) is 10.5 Å². The topological polar surface area (TPSA) is 102 Å². The minimum absolute atomic E-state index is 0.186. The Kier molecular flexibility index (Phi) is 6.93. The monoisotopic (exact) mass is 390 g/mol. The number of H-pyrrole nitrogens is 1. The van der Waals surface area contributed by atoms with Crippen LogP contribution in [0.1, 0.15) is 59.3 Å². The molecule has 1 unspecified atom stereocenters. The molecular formula is C20H34N6O2. The van der Waals surface area contributed by atoms with Crippen LogP contribution in [0.3, 0.4) is 0 Å². The van der Waals surface area contributed by atoms with Gasteiger partial charge in [0, 0.05) is 19.1 Å². The minimum Gasteiger partial charge on any atom is -0.463 e. The van der Waals surface area contributed by atoms with Crippen LogP contribution >= 0.6 is 0 Å². The van der Waals surface area contributed by atoms with Crippen LogP contribution < -0.4 is 16.2 Å². The van der Waals surface area contributed by atoms with E-state index in [4.69, 9.17) is 10.5 Å². The lowest BCUT2D eigenvalue weighted by Gasteiger charge is -2.35. The van der Waals surface area contributed by atoms with E-state index in [9.17, 15) is 4.79 Å². The van der Waals surface area contributed by atoms with Crippen LogP contribution in [0.5, 0.6) is 6.01 Å². The lowest BCUT2D eigenvalue weighted by atomic mass is 9.92. The molecule has 0 aliphatic carbocycles. The van der Waals surface area contributed by atoms with Gasteiger partial charge in [0.05, 0.1) is 6.61 Å². The molecule has 0 spiro atoms. The van der Waals surface area contributed by atoms with Gasteiger partial charge in [-0.05, 0) is 58.4 Å². The Morgan fingerprint density at radius 3 is 2.89 bits per heavy atom. The zero-order chi connectivity index (χ0) is 20.1. The van der Waals surface area contributed by atoms with Gasteiger partial charge < -0.3 is 20.4 Å². The second-order valence-corrected chi connectivity index (χ2v) is 8.11. The molecule has 1 aliphatic rings. The second kappa shape index (κ2) is 9.41. The largest absolute Gasteiger partial charge is 0.463 e. The molecule has 0 bridgehead atoms. The van der Waals surface area contributed by atoms with Gasteiger partial charge in [0.1, 0.15) is 5.52 Å². The summed E-state index contributed by atoms with van der Waals surface area (Å²) in [6.07, 6.45) is 6.55. The van der Waals surface area contributed by atoms with Gasteiger partial charge in [-0.15, -0.1) is 0 Å². The summed E-state index contributed by atoms with van der Waals surface area (Å²) in [7, 11) is 0. The Morgan fingerprint density at radius 1 is 1.32 bits per heavy atom. The van der Waals surface area contributed by atoms with Crippen molar-refractivity contribution in [2.75, 3.05) is 25.4 Å². The fourth-order valence-electron chi connectivity index (χ4n) is 3.95. The molecule has 0 radical (unpaired) electrons. The van der Waals surface area contributed by atoms with Gasteiger partial charge in [-0.25, -0.2) is 4.79 Å². The first-order chi connectivity index (χ1) is 13.5. The molecule has 0 amide bonds. The zero-order valence-electron chi connectivity index (χ0n) is 17.4. The number of piperidine rings is 1. The van der Waals surface area contributed by atoms with Crippen LogP contribution in [-0.4, -0.2) is 50.2 Å². The highest BCUT2D eigenvalue weighted by molar-refractivity contribution is 5.81. The van der Waals surface area contributed by atoms with Crippen molar-refractivity contribution in [2.24, 2.45) is 5.92 Å². The lowest BCUT2D eigenvalue weighted by molar-refractivity contribution is 0.133. The van der Waals surface area contributed by atoms with Crippen molar-refractivity contribution in [3.8, 4) is 6.01 Å². The molecule has 0 aromatic carbocycles. The summed E-state index contributed by atoms with van der Waals surface area (Å²) in [4.78, 5) is 26.4. The van der Waals surface area contributed by atoms with E-state index in [1.165, 1.54) is 19.4 Å². The molecule has 3 heterocycles. The normalized spacial score (nSPS) is 18.2. The molecule has 1 fully saturated rings. The predicted octanol–water partition coefficient (Wildman–Crippen LogP) is 2.78. The van der Waals surface area contributed by atoms with Crippen molar-refractivity contribution in [2.45, 2.75) is 71.9 Å². The van der Waals surface area contributed by atoms with Gasteiger partial charge >= 0.3 is 11.7 Å². The molecule has 2 aromatic heterocycles. The van der Waals surface area contributed by atoms with E-state index in [2.05, 4.69) is 40.6 Å². The Labute approximate surface area is 166 Å². The summed E-state index contributed by atoms with van der Waals surface area (Å²) < 4.78 is 7.27. The maximum atomic E-state index is 12.4. The molecule has 3 N–H and O–H groups in total. The summed E-state index contributed by atoms with van der Waals surface area (Å²) in [5, 5.41) is 0. The van der Waals surface area contributed by atoms with Crippen molar-refractivity contribution in [1.29, 1.82) is 0 Å². The van der Waals surface area contributed by atoms with E-state index >= 15 is 0 Å². The van der Waals surface area contributed by atoms with Gasteiger partial charge in [-0.3, -0.25) is 4.57 Å². The first-order valence-electron chi connectivity index (χ1n) is 10.6. The van der Waals surface area contributed by atoms with E-state index in [1.807, 2.05) is 0 Å². The molecule has 8 heteroatoms. The molecule has 28 heavy (non-hydrogen) atoms. The summed E-state index contributed by atoms with van der Waals surface area (Å²) in [5.74, 6) is 0.955. The Bertz CT molecular complexity index is 828.